The van der Waals surface area contributed by atoms with Crippen molar-refractivity contribution in [3.05, 3.63) is 24.8 Å². The zero-order valence-electron chi connectivity index (χ0n) is 14.9. The zero-order valence-corrected chi connectivity index (χ0v) is 14.9. The lowest BCUT2D eigenvalue weighted by Gasteiger charge is -2.59. The van der Waals surface area contributed by atoms with E-state index >= 15 is 0 Å². The number of fused-ring (bicyclic) bond motifs is 1. The summed E-state index contributed by atoms with van der Waals surface area (Å²) >= 11 is 0. The van der Waals surface area contributed by atoms with Crippen molar-refractivity contribution in [2.24, 2.45) is 22.7 Å². The van der Waals surface area contributed by atoms with Crippen LogP contribution < -0.4 is 0 Å². The topological polar surface area (TPSA) is 40.5 Å². The normalized spacial score (nSPS) is 40.6. The Kier molecular flexibility index (Phi) is 4.68. The third-order valence-corrected chi connectivity index (χ3v) is 6.61. The molecule has 5 atom stereocenters. The summed E-state index contributed by atoms with van der Waals surface area (Å²) in [5.41, 5.74) is 0.621. The molecule has 0 aromatic carbocycles. The van der Waals surface area contributed by atoms with Crippen LogP contribution in [0.15, 0.2) is 24.8 Å². The van der Waals surface area contributed by atoms with Crippen LogP contribution in [0.25, 0.3) is 0 Å². The van der Waals surface area contributed by atoms with Gasteiger partial charge in [0.15, 0.2) is 0 Å². The molecule has 2 fully saturated rings. The Labute approximate surface area is 136 Å². The largest absolute Gasteiger partial charge is 0.392 e. The van der Waals surface area contributed by atoms with Crippen molar-refractivity contribution in [1.82, 2.24) is 0 Å². The van der Waals surface area contributed by atoms with E-state index in [1.165, 1.54) is 18.4 Å². The van der Waals surface area contributed by atoms with Gasteiger partial charge in [0.25, 0.3) is 0 Å². The molecule has 2 rings (SSSR count). The average Bonchev–Trinajstić information content (AvgIpc) is 2.36. The monoisotopic (exact) mass is 306 g/mol. The molecule has 2 N–H and O–H groups in total. The van der Waals surface area contributed by atoms with Crippen LogP contribution in [-0.4, -0.2) is 21.9 Å². The van der Waals surface area contributed by atoms with E-state index in [0.717, 1.165) is 12.8 Å². The highest BCUT2D eigenvalue weighted by Crippen LogP contribution is 2.61. The highest BCUT2D eigenvalue weighted by atomic mass is 16.3. The van der Waals surface area contributed by atoms with E-state index in [9.17, 15) is 10.2 Å². The van der Waals surface area contributed by atoms with Gasteiger partial charge in [0.1, 0.15) is 0 Å². The molecule has 126 valence electrons. The fourth-order valence-electron chi connectivity index (χ4n) is 5.55. The van der Waals surface area contributed by atoms with Gasteiger partial charge >= 0.3 is 0 Å². The van der Waals surface area contributed by atoms with Crippen LogP contribution in [0.2, 0.25) is 0 Å². The van der Waals surface area contributed by atoms with Crippen LogP contribution in [0.3, 0.4) is 0 Å². The Balaban J connectivity index is 2.28. The number of aliphatic hydroxyl groups excluding tert-OH is 1. The van der Waals surface area contributed by atoms with E-state index < -0.39 is 5.60 Å². The molecule has 0 bridgehead atoms. The molecule has 0 unspecified atom stereocenters. The van der Waals surface area contributed by atoms with Gasteiger partial charge in [-0.15, -0.1) is 6.58 Å². The van der Waals surface area contributed by atoms with E-state index in [-0.39, 0.29) is 16.9 Å². The van der Waals surface area contributed by atoms with Crippen molar-refractivity contribution in [1.29, 1.82) is 0 Å². The van der Waals surface area contributed by atoms with Gasteiger partial charge in [0.2, 0.25) is 0 Å². The Morgan fingerprint density at radius 1 is 1.32 bits per heavy atom. The molecule has 0 spiro atoms. The summed E-state index contributed by atoms with van der Waals surface area (Å²) in [6.07, 6.45) is 7.26. The van der Waals surface area contributed by atoms with Gasteiger partial charge in [0.05, 0.1) is 11.7 Å². The van der Waals surface area contributed by atoms with Crippen molar-refractivity contribution in [3.8, 4) is 0 Å². The first-order valence-corrected chi connectivity index (χ1v) is 8.75. The molecule has 22 heavy (non-hydrogen) atoms. The van der Waals surface area contributed by atoms with Gasteiger partial charge in [-0.2, -0.15) is 0 Å². The molecular formula is C20H34O2. The predicted octanol–water partition coefficient (Wildman–Crippen LogP) is 4.47. The SMILES string of the molecule is C=C[C@](C)(O)CC[C@@H]1C(=C)C[C@H](O)[C@@H]2C(C)(C)CCC[C@]12C. The third kappa shape index (κ3) is 3.05. The van der Waals surface area contributed by atoms with Crippen LogP contribution in [0.4, 0.5) is 0 Å². The Morgan fingerprint density at radius 3 is 2.55 bits per heavy atom. The first kappa shape index (κ1) is 17.7. The number of hydrogen-bond donors (Lipinski definition) is 2. The quantitative estimate of drug-likeness (QED) is 0.752. The van der Waals surface area contributed by atoms with Crippen molar-refractivity contribution >= 4 is 0 Å². The van der Waals surface area contributed by atoms with Crippen LogP contribution in [0.5, 0.6) is 0 Å². The third-order valence-electron chi connectivity index (χ3n) is 6.61. The Hall–Kier alpha value is -0.600. The van der Waals surface area contributed by atoms with E-state index in [1.807, 2.05) is 6.92 Å². The molecule has 0 amide bonds. The maximum absolute atomic E-state index is 10.7. The summed E-state index contributed by atoms with van der Waals surface area (Å²) < 4.78 is 0. The van der Waals surface area contributed by atoms with Gasteiger partial charge in [-0.25, -0.2) is 0 Å². The molecule has 0 heterocycles. The zero-order chi connectivity index (χ0) is 16.8. The lowest BCUT2D eigenvalue weighted by atomic mass is 9.46. The first-order chi connectivity index (χ1) is 10.0. The molecule has 0 aromatic heterocycles. The fourth-order valence-corrected chi connectivity index (χ4v) is 5.55. The van der Waals surface area contributed by atoms with Gasteiger partial charge in [-0.1, -0.05) is 45.4 Å². The molecule has 0 aliphatic heterocycles. The van der Waals surface area contributed by atoms with Gasteiger partial charge in [-0.3, -0.25) is 0 Å². The lowest BCUT2D eigenvalue weighted by molar-refractivity contribution is -0.123. The number of aliphatic hydroxyl groups is 2. The predicted molar refractivity (Wildman–Crippen MR) is 92.5 cm³/mol. The molecule has 2 aliphatic rings. The summed E-state index contributed by atoms with van der Waals surface area (Å²) in [4.78, 5) is 0. The minimum Gasteiger partial charge on any atom is -0.392 e. The number of hydrogen-bond acceptors (Lipinski definition) is 2. The summed E-state index contributed by atoms with van der Waals surface area (Å²) in [6, 6.07) is 0. The number of rotatable bonds is 4. The lowest BCUT2D eigenvalue weighted by Crippen LogP contribution is -2.55. The van der Waals surface area contributed by atoms with Crippen molar-refractivity contribution in [3.63, 3.8) is 0 Å². The van der Waals surface area contributed by atoms with Crippen LogP contribution in [0, 0.1) is 22.7 Å². The standard InChI is InChI=1S/C20H34O2/c1-7-19(5,22)12-9-15-14(2)13-16(21)17-18(3,4)10-8-11-20(15,17)6/h7,15-17,21-22H,1-2,8-13H2,3-6H3/t15-,16+,17-,19+,20-/m1/s1. The summed E-state index contributed by atoms with van der Waals surface area (Å²) in [7, 11) is 0. The molecule has 0 saturated heterocycles. The summed E-state index contributed by atoms with van der Waals surface area (Å²) in [5, 5.41) is 21.0. The van der Waals surface area contributed by atoms with Crippen LogP contribution >= 0.6 is 0 Å². The molecule has 0 radical (unpaired) electrons. The average molecular weight is 306 g/mol. The molecular weight excluding hydrogens is 272 g/mol. The van der Waals surface area contributed by atoms with E-state index in [1.54, 1.807) is 6.08 Å². The Morgan fingerprint density at radius 2 is 1.95 bits per heavy atom. The highest BCUT2D eigenvalue weighted by Gasteiger charge is 2.56. The second kappa shape index (κ2) is 5.79. The summed E-state index contributed by atoms with van der Waals surface area (Å²) in [5.74, 6) is 0.699. The first-order valence-electron chi connectivity index (χ1n) is 8.75. The fraction of sp³-hybridized carbons (Fsp3) is 0.800. The van der Waals surface area contributed by atoms with Gasteiger partial charge in [0, 0.05) is 0 Å². The van der Waals surface area contributed by atoms with Gasteiger partial charge < -0.3 is 10.2 Å². The van der Waals surface area contributed by atoms with Crippen LogP contribution in [0.1, 0.15) is 66.2 Å². The molecule has 0 aromatic rings. The van der Waals surface area contributed by atoms with E-state index in [0.29, 0.717) is 24.7 Å². The second-order valence-corrected chi connectivity index (χ2v) is 8.91. The van der Waals surface area contributed by atoms with Crippen molar-refractivity contribution < 1.29 is 10.2 Å². The maximum Gasteiger partial charge on any atom is 0.0797 e. The van der Waals surface area contributed by atoms with Crippen molar-refractivity contribution in [2.45, 2.75) is 77.9 Å². The minimum absolute atomic E-state index is 0.0910. The minimum atomic E-state index is -0.813. The molecule has 2 heteroatoms. The van der Waals surface area contributed by atoms with Gasteiger partial charge in [-0.05, 0) is 61.7 Å². The smallest absolute Gasteiger partial charge is 0.0797 e. The summed E-state index contributed by atoms with van der Waals surface area (Å²) in [6.45, 7) is 16.8. The maximum atomic E-state index is 10.7. The van der Waals surface area contributed by atoms with E-state index in [2.05, 4.69) is 33.9 Å². The van der Waals surface area contributed by atoms with Crippen LogP contribution in [-0.2, 0) is 0 Å². The van der Waals surface area contributed by atoms with Crippen molar-refractivity contribution in [2.75, 3.05) is 0 Å². The highest BCUT2D eigenvalue weighted by molar-refractivity contribution is 5.18. The van der Waals surface area contributed by atoms with E-state index in [4.69, 9.17) is 0 Å². The molecule has 2 aliphatic carbocycles. The Bertz CT molecular complexity index is 449. The second-order valence-electron chi connectivity index (χ2n) is 8.91. The molecule has 2 saturated carbocycles. The molecule has 2 nitrogen and oxygen atoms in total.